The van der Waals surface area contributed by atoms with E-state index in [2.05, 4.69) is 57.4 Å². The van der Waals surface area contributed by atoms with Crippen molar-refractivity contribution in [3.8, 4) is 11.8 Å². The Kier molecular flexibility index (Phi) is 8.16. The van der Waals surface area contributed by atoms with Crippen LogP contribution >= 0.6 is 23.4 Å². The molecule has 0 unspecified atom stereocenters. The molecular weight excluding hydrogens is 504 g/mol. The van der Waals surface area contributed by atoms with Crippen LogP contribution in [0.3, 0.4) is 0 Å². The van der Waals surface area contributed by atoms with Crippen LogP contribution < -0.4 is 10.6 Å². The number of rotatable bonds is 4. The molecule has 3 saturated heterocycles. The van der Waals surface area contributed by atoms with E-state index in [4.69, 9.17) is 22.1 Å². The largest absolute Gasteiger partial charge is 0.381 e. The Morgan fingerprint density at radius 2 is 1.95 bits per heavy atom. The van der Waals surface area contributed by atoms with Gasteiger partial charge in [0.25, 0.3) is 0 Å². The Balaban J connectivity index is 1.22. The summed E-state index contributed by atoms with van der Waals surface area (Å²) in [6.07, 6.45) is 9.49. The molecule has 1 spiro atoms. The lowest BCUT2D eigenvalue weighted by molar-refractivity contribution is 0.0976. The van der Waals surface area contributed by atoms with Gasteiger partial charge in [-0.1, -0.05) is 29.3 Å². The number of nitrogens with zero attached hydrogens (tertiary/aromatic N) is 5. The highest BCUT2D eigenvalue weighted by Crippen LogP contribution is 2.43. The van der Waals surface area contributed by atoms with Crippen LogP contribution in [0.4, 0.5) is 11.6 Å². The van der Waals surface area contributed by atoms with Crippen molar-refractivity contribution in [2.24, 2.45) is 11.3 Å². The second kappa shape index (κ2) is 11.4. The minimum atomic E-state index is 0.328. The zero-order valence-electron chi connectivity index (χ0n) is 22.0. The average Bonchev–Trinajstić information content (AvgIpc) is 3.25. The molecule has 0 aliphatic carbocycles. The van der Waals surface area contributed by atoms with Crippen LogP contribution in [0.1, 0.15) is 58.6 Å². The lowest BCUT2D eigenvalue weighted by atomic mass is 9.77. The predicted molar refractivity (Wildman–Crippen MR) is 150 cm³/mol. The van der Waals surface area contributed by atoms with Crippen LogP contribution in [0.2, 0.25) is 5.02 Å². The summed E-state index contributed by atoms with van der Waals surface area (Å²) in [6.45, 7) is 11.6. The molecule has 0 aromatic carbocycles. The highest BCUT2D eigenvalue weighted by molar-refractivity contribution is 7.99. The topological polar surface area (TPSA) is 80.4 Å². The van der Waals surface area contributed by atoms with E-state index in [0.717, 1.165) is 75.6 Å². The lowest BCUT2D eigenvalue weighted by Crippen LogP contribution is -2.41. The number of anilines is 2. The molecule has 2 N–H and O–H groups in total. The minimum absolute atomic E-state index is 0.328. The summed E-state index contributed by atoms with van der Waals surface area (Å²) in [6, 6.07) is 2.47. The van der Waals surface area contributed by atoms with Crippen molar-refractivity contribution in [2.75, 3.05) is 43.4 Å². The van der Waals surface area contributed by atoms with Gasteiger partial charge in [0.15, 0.2) is 5.82 Å². The monoisotopic (exact) mass is 540 g/mol. The normalized spacial score (nSPS) is 22.4. The van der Waals surface area contributed by atoms with Crippen LogP contribution in [0.5, 0.6) is 0 Å². The van der Waals surface area contributed by atoms with Gasteiger partial charge in [0.05, 0.1) is 23.9 Å². The number of hydrogen-bond acceptors (Lipinski definition) is 8. The molecule has 2 aromatic rings. The van der Waals surface area contributed by atoms with E-state index >= 15 is 0 Å². The Labute approximate surface area is 229 Å². The molecule has 3 aliphatic heterocycles. The first kappa shape index (κ1) is 26.6. The molecule has 0 bridgehead atoms. The van der Waals surface area contributed by atoms with E-state index in [1.165, 1.54) is 11.8 Å². The average molecular weight is 541 g/mol. The van der Waals surface area contributed by atoms with Gasteiger partial charge in [-0.15, -0.1) is 0 Å². The van der Waals surface area contributed by atoms with Crippen LogP contribution in [0.15, 0.2) is 28.4 Å². The molecule has 3 fully saturated rings. The molecular formula is C28H37ClN6OS. The molecule has 2 aromatic heterocycles. The molecule has 9 heteroatoms. The van der Waals surface area contributed by atoms with Gasteiger partial charge in [0.1, 0.15) is 16.5 Å². The lowest BCUT2D eigenvalue weighted by Gasteiger charge is -2.38. The Hall–Kier alpha value is -2.05. The number of hydrogen-bond donors (Lipinski definition) is 1. The van der Waals surface area contributed by atoms with E-state index in [9.17, 15) is 0 Å². The maximum absolute atomic E-state index is 6.71. The molecule has 198 valence electrons. The van der Waals surface area contributed by atoms with Gasteiger partial charge >= 0.3 is 0 Å². The van der Waals surface area contributed by atoms with Gasteiger partial charge in [-0.05, 0) is 83.4 Å². The van der Waals surface area contributed by atoms with Gasteiger partial charge in [-0.3, -0.25) is 0 Å². The van der Waals surface area contributed by atoms with Crippen LogP contribution in [-0.2, 0) is 4.74 Å². The Morgan fingerprint density at radius 1 is 1.19 bits per heavy atom. The number of aromatic nitrogens is 3. The standard InChI is InChI=1S/C28H37ClN6OS/c1-19(2)34-12-7-21(8-13-34)4-5-22-25(29)23(6-11-31-22)37-27-26(30)33-24(17-32-27)35-14-9-28(10-15-35)16-20(3)36-18-28/h6,11,17,19-21H,7-10,12-16,18H2,1-3H3,(H2,30,33)/t20-/m0/s1. The first-order chi connectivity index (χ1) is 17.8. The number of piperidine rings is 2. The third-order valence-electron chi connectivity index (χ3n) is 8.01. The van der Waals surface area contributed by atoms with Crippen molar-refractivity contribution in [2.45, 2.75) is 74.9 Å². The zero-order chi connectivity index (χ0) is 26.0. The van der Waals surface area contributed by atoms with Crippen molar-refractivity contribution >= 4 is 35.0 Å². The van der Waals surface area contributed by atoms with Crippen molar-refractivity contribution in [1.82, 2.24) is 19.9 Å². The second-order valence-corrected chi connectivity index (χ2v) is 12.4. The summed E-state index contributed by atoms with van der Waals surface area (Å²) >= 11 is 8.13. The number of pyridine rings is 1. The molecule has 1 atom stereocenters. The predicted octanol–water partition coefficient (Wildman–Crippen LogP) is 5.13. The number of nitrogens with two attached hydrogens (primary N) is 1. The highest BCUT2D eigenvalue weighted by atomic mass is 35.5. The first-order valence-corrected chi connectivity index (χ1v) is 14.6. The third kappa shape index (κ3) is 6.17. The summed E-state index contributed by atoms with van der Waals surface area (Å²) in [5, 5.41) is 1.18. The smallest absolute Gasteiger partial charge is 0.158 e. The summed E-state index contributed by atoms with van der Waals surface area (Å²) in [4.78, 5) is 19.4. The molecule has 5 rings (SSSR count). The quantitative estimate of drug-likeness (QED) is 0.535. The maximum Gasteiger partial charge on any atom is 0.158 e. The highest BCUT2D eigenvalue weighted by Gasteiger charge is 2.41. The van der Waals surface area contributed by atoms with E-state index < -0.39 is 0 Å². The summed E-state index contributed by atoms with van der Waals surface area (Å²) < 4.78 is 5.86. The fourth-order valence-electron chi connectivity index (χ4n) is 5.65. The summed E-state index contributed by atoms with van der Waals surface area (Å²) in [5.41, 5.74) is 7.29. The third-order valence-corrected chi connectivity index (χ3v) is 9.57. The van der Waals surface area contributed by atoms with Crippen molar-refractivity contribution < 1.29 is 4.74 Å². The summed E-state index contributed by atoms with van der Waals surface area (Å²) in [5.74, 6) is 8.27. The Bertz CT molecular complexity index is 1160. The molecule has 0 radical (unpaired) electrons. The molecule has 5 heterocycles. The van der Waals surface area contributed by atoms with Crippen molar-refractivity contribution in [3.05, 3.63) is 29.2 Å². The van der Waals surface area contributed by atoms with Crippen LogP contribution in [0.25, 0.3) is 0 Å². The summed E-state index contributed by atoms with van der Waals surface area (Å²) in [7, 11) is 0. The fraction of sp³-hybridized carbons (Fsp3) is 0.607. The SMILES string of the molecule is CC(C)N1CCC(C#Cc2nccc(Sc3ncc(N4CCC5(CC4)CO[C@@H](C)C5)nc3N)c2Cl)CC1. The van der Waals surface area contributed by atoms with Gasteiger partial charge < -0.3 is 20.3 Å². The number of ether oxygens (including phenoxy) is 1. The minimum Gasteiger partial charge on any atom is -0.381 e. The number of nitrogen functional groups attached to an aromatic ring is 1. The zero-order valence-corrected chi connectivity index (χ0v) is 23.6. The van der Waals surface area contributed by atoms with Crippen LogP contribution in [0, 0.1) is 23.2 Å². The molecule has 3 aliphatic rings. The fourth-order valence-corrected chi connectivity index (χ4v) is 6.70. The molecule has 0 amide bonds. The van der Waals surface area contributed by atoms with E-state index in [1.807, 2.05) is 12.3 Å². The number of likely N-dealkylation sites (tertiary alicyclic amines) is 1. The van der Waals surface area contributed by atoms with Crippen LogP contribution in [-0.4, -0.2) is 64.8 Å². The van der Waals surface area contributed by atoms with Crippen molar-refractivity contribution in [3.63, 3.8) is 0 Å². The second-order valence-electron chi connectivity index (χ2n) is 11.0. The molecule has 37 heavy (non-hydrogen) atoms. The maximum atomic E-state index is 6.71. The number of halogens is 1. The van der Waals surface area contributed by atoms with E-state index in [-0.39, 0.29) is 0 Å². The van der Waals surface area contributed by atoms with E-state index in [0.29, 0.717) is 45.0 Å². The van der Waals surface area contributed by atoms with Gasteiger partial charge in [-0.2, -0.15) is 0 Å². The van der Waals surface area contributed by atoms with Gasteiger partial charge in [0.2, 0.25) is 0 Å². The van der Waals surface area contributed by atoms with Gasteiger partial charge in [-0.25, -0.2) is 15.0 Å². The first-order valence-electron chi connectivity index (χ1n) is 13.4. The molecule has 7 nitrogen and oxygen atoms in total. The van der Waals surface area contributed by atoms with Gasteiger partial charge in [0, 0.05) is 36.1 Å². The van der Waals surface area contributed by atoms with Crippen molar-refractivity contribution in [1.29, 1.82) is 0 Å². The molecule has 0 saturated carbocycles. The Morgan fingerprint density at radius 3 is 2.59 bits per heavy atom. The van der Waals surface area contributed by atoms with E-state index in [1.54, 1.807) is 6.20 Å².